The van der Waals surface area contributed by atoms with Crippen LogP contribution in [0.3, 0.4) is 0 Å². The van der Waals surface area contributed by atoms with Crippen molar-refractivity contribution in [3.8, 4) is 0 Å². The van der Waals surface area contributed by atoms with Gasteiger partial charge in [-0.3, -0.25) is 9.59 Å². The highest BCUT2D eigenvalue weighted by atomic mass is 32.2. The number of para-hydroxylation sites is 2. The summed E-state index contributed by atoms with van der Waals surface area (Å²) in [6.45, 7) is 0.151. The molecule has 0 spiro atoms. The van der Waals surface area contributed by atoms with Crippen molar-refractivity contribution in [2.45, 2.75) is 12.3 Å². The minimum atomic E-state index is -0.237. The number of nitrogens with one attached hydrogen (secondary N) is 2. The number of amides is 1. The minimum absolute atomic E-state index is 0.151. The van der Waals surface area contributed by atoms with Crippen LogP contribution in [0.2, 0.25) is 0 Å². The van der Waals surface area contributed by atoms with E-state index in [9.17, 15) is 9.59 Å². The lowest BCUT2D eigenvalue weighted by Gasteiger charge is -2.10. The fraction of sp³-hybridized carbons (Fsp3) is 0.158. The molecule has 0 saturated carbocycles. The van der Waals surface area contributed by atoms with E-state index in [0.29, 0.717) is 16.6 Å². The molecule has 2 aromatic heterocycles. The molecule has 0 unspecified atom stereocenters. The number of fused-ring (bicyclic) bond motifs is 2. The molecule has 0 aliphatic heterocycles. The number of carbonyl (C=O) groups excluding carboxylic acids is 1. The highest BCUT2D eigenvalue weighted by Crippen LogP contribution is 2.20. The van der Waals surface area contributed by atoms with E-state index in [-0.39, 0.29) is 18.0 Å². The molecule has 2 heterocycles. The SMILES string of the molecule is CSCc1nc2ccccc2n1CC(=O)Nc1ccc2nc[nH]c(=O)c2c1. The maximum atomic E-state index is 12.6. The van der Waals surface area contributed by atoms with E-state index in [1.807, 2.05) is 35.1 Å². The van der Waals surface area contributed by atoms with Gasteiger partial charge in [0.1, 0.15) is 12.4 Å². The molecule has 2 aromatic carbocycles. The summed E-state index contributed by atoms with van der Waals surface area (Å²) in [6, 6.07) is 12.9. The molecule has 27 heavy (non-hydrogen) atoms. The number of H-pyrrole nitrogens is 1. The smallest absolute Gasteiger partial charge is 0.258 e. The lowest BCUT2D eigenvalue weighted by atomic mass is 10.2. The topological polar surface area (TPSA) is 92.7 Å². The van der Waals surface area contributed by atoms with Gasteiger partial charge >= 0.3 is 0 Å². The van der Waals surface area contributed by atoms with Crippen LogP contribution in [-0.2, 0) is 17.1 Å². The van der Waals surface area contributed by atoms with Gasteiger partial charge in [-0.1, -0.05) is 12.1 Å². The average Bonchev–Trinajstić information content (AvgIpc) is 3.00. The number of nitrogens with zero attached hydrogens (tertiary/aromatic N) is 3. The number of benzene rings is 2. The number of anilines is 1. The molecule has 1 amide bonds. The van der Waals surface area contributed by atoms with Crippen molar-refractivity contribution in [3.63, 3.8) is 0 Å². The molecule has 136 valence electrons. The molecular formula is C19H17N5O2S. The summed E-state index contributed by atoms with van der Waals surface area (Å²) in [5.74, 6) is 1.40. The number of aromatic amines is 1. The predicted molar refractivity (Wildman–Crippen MR) is 108 cm³/mol. The van der Waals surface area contributed by atoms with Crippen molar-refractivity contribution < 1.29 is 4.79 Å². The van der Waals surface area contributed by atoms with Crippen LogP contribution in [-0.4, -0.2) is 31.7 Å². The Balaban J connectivity index is 1.61. The van der Waals surface area contributed by atoms with Crippen molar-refractivity contribution in [1.29, 1.82) is 0 Å². The number of imidazole rings is 1. The van der Waals surface area contributed by atoms with Crippen molar-refractivity contribution >= 4 is 45.3 Å². The standard InChI is InChI=1S/C19H17N5O2S/c1-27-10-17-23-15-4-2-3-5-16(15)24(17)9-18(25)22-12-6-7-14-13(8-12)19(26)21-11-20-14/h2-8,11H,9-10H2,1H3,(H,22,25)(H,20,21,26). The van der Waals surface area contributed by atoms with Crippen LogP contribution in [0.5, 0.6) is 0 Å². The van der Waals surface area contributed by atoms with Crippen LogP contribution in [0.15, 0.2) is 53.6 Å². The van der Waals surface area contributed by atoms with Gasteiger partial charge in [0.15, 0.2) is 0 Å². The predicted octanol–water partition coefficient (Wildman–Crippen LogP) is 2.77. The average molecular weight is 379 g/mol. The molecule has 0 atom stereocenters. The molecule has 0 aliphatic carbocycles. The molecule has 2 N–H and O–H groups in total. The van der Waals surface area contributed by atoms with Crippen LogP contribution in [0.1, 0.15) is 5.82 Å². The largest absolute Gasteiger partial charge is 0.325 e. The van der Waals surface area contributed by atoms with Crippen molar-refractivity contribution in [1.82, 2.24) is 19.5 Å². The van der Waals surface area contributed by atoms with Crippen molar-refractivity contribution in [2.75, 3.05) is 11.6 Å². The van der Waals surface area contributed by atoms with Crippen molar-refractivity contribution in [3.05, 3.63) is 65.0 Å². The summed E-state index contributed by atoms with van der Waals surface area (Å²) in [7, 11) is 0. The molecule has 0 fully saturated rings. The van der Waals surface area contributed by atoms with Gasteiger partial charge in [-0.25, -0.2) is 9.97 Å². The third-order valence-corrected chi connectivity index (χ3v) is 4.78. The summed E-state index contributed by atoms with van der Waals surface area (Å²) in [5, 5.41) is 3.30. The summed E-state index contributed by atoms with van der Waals surface area (Å²) in [4.78, 5) is 35.8. The van der Waals surface area contributed by atoms with E-state index >= 15 is 0 Å². The fourth-order valence-corrected chi connectivity index (χ4v) is 3.51. The van der Waals surface area contributed by atoms with E-state index < -0.39 is 0 Å². The first-order chi connectivity index (χ1) is 13.2. The van der Waals surface area contributed by atoms with Gasteiger partial charge in [0, 0.05) is 5.69 Å². The molecule has 0 radical (unpaired) electrons. The Morgan fingerprint density at radius 2 is 2.07 bits per heavy atom. The highest BCUT2D eigenvalue weighted by molar-refractivity contribution is 7.97. The Bertz CT molecular complexity index is 1200. The van der Waals surface area contributed by atoms with Gasteiger partial charge in [-0.2, -0.15) is 11.8 Å². The van der Waals surface area contributed by atoms with E-state index in [4.69, 9.17) is 0 Å². The molecule has 4 aromatic rings. The zero-order valence-electron chi connectivity index (χ0n) is 14.6. The fourth-order valence-electron chi connectivity index (χ4n) is 3.03. The monoisotopic (exact) mass is 379 g/mol. The van der Waals surface area contributed by atoms with Crippen LogP contribution in [0.4, 0.5) is 5.69 Å². The lowest BCUT2D eigenvalue weighted by molar-refractivity contribution is -0.116. The van der Waals surface area contributed by atoms with E-state index in [2.05, 4.69) is 20.3 Å². The van der Waals surface area contributed by atoms with Crippen molar-refractivity contribution in [2.24, 2.45) is 0 Å². The van der Waals surface area contributed by atoms with Crippen LogP contribution in [0, 0.1) is 0 Å². The first-order valence-electron chi connectivity index (χ1n) is 8.36. The second kappa shape index (κ2) is 7.24. The quantitative estimate of drug-likeness (QED) is 0.556. The molecule has 0 bridgehead atoms. The Hall–Kier alpha value is -3.13. The number of hydrogen-bond acceptors (Lipinski definition) is 5. The van der Waals surface area contributed by atoms with Gasteiger partial charge < -0.3 is 14.9 Å². The molecule has 0 aliphatic rings. The molecular weight excluding hydrogens is 362 g/mol. The molecule has 0 saturated heterocycles. The summed E-state index contributed by atoms with van der Waals surface area (Å²) < 4.78 is 1.93. The maximum Gasteiger partial charge on any atom is 0.258 e. The normalized spacial score (nSPS) is 11.1. The van der Waals surface area contributed by atoms with E-state index in [1.165, 1.54) is 6.33 Å². The van der Waals surface area contributed by atoms with Gasteiger partial charge in [0.2, 0.25) is 5.91 Å². The number of aromatic nitrogens is 4. The maximum absolute atomic E-state index is 12.6. The van der Waals surface area contributed by atoms with Crippen LogP contribution in [0.25, 0.3) is 21.9 Å². The summed E-state index contributed by atoms with van der Waals surface area (Å²) in [6.07, 6.45) is 3.37. The first kappa shape index (κ1) is 17.3. The third kappa shape index (κ3) is 3.43. The summed E-state index contributed by atoms with van der Waals surface area (Å²) >= 11 is 1.66. The Morgan fingerprint density at radius 3 is 2.93 bits per heavy atom. The second-order valence-corrected chi connectivity index (χ2v) is 6.91. The number of carbonyl (C=O) groups is 1. The van der Waals surface area contributed by atoms with E-state index in [1.54, 1.807) is 30.0 Å². The number of rotatable bonds is 5. The second-order valence-electron chi connectivity index (χ2n) is 6.05. The van der Waals surface area contributed by atoms with Gasteiger partial charge in [0.05, 0.1) is 34.0 Å². The highest BCUT2D eigenvalue weighted by Gasteiger charge is 2.13. The first-order valence-corrected chi connectivity index (χ1v) is 9.75. The lowest BCUT2D eigenvalue weighted by Crippen LogP contribution is -2.20. The molecule has 4 rings (SSSR count). The molecule has 8 heteroatoms. The molecule has 7 nitrogen and oxygen atoms in total. The van der Waals surface area contributed by atoms with Gasteiger partial charge in [-0.05, 0) is 36.6 Å². The Morgan fingerprint density at radius 1 is 1.22 bits per heavy atom. The van der Waals surface area contributed by atoms with Gasteiger partial charge in [-0.15, -0.1) is 0 Å². The van der Waals surface area contributed by atoms with Gasteiger partial charge in [0.25, 0.3) is 5.56 Å². The number of hydrogen-bond donors (Lipinski definition) is 2. The zero-order chi connectivity index (χ0) is 18.8. The Labute approximate surface area is 158 Å². The zero-order valence-corrected chi connectivity index (χ0v) is 15.4. The van der Waals surface area contributed by atoms with E-state index in [0.717, 1.165) is 22.6 Å². The number of thioether (sulfide) groups is 1. The summed E-state index contributed by atoms with van der Waals surface area (Å²) in [5.41, 5.74) is 2.70. The minimum Gasteiger partial charge on any atom is -0.325 e. The Kier molecular flexibility index (Phi) is 4.64. The van der Waals surface area contributed by atoms with Crippen LogP contribution < -0.4 is 10.9 Å². The van der Waals surface area contributed by atoms with Crippen LogP contribution >= 0.6 is 11.8 Å². The third-order valence-electron chi connectivity index (χ3n) is 4.23.